The van der Waals surface area contributed by atoms with Crippen molar-refractivity contribution < 1.29 is 35.8 Å². The molecule has 0 saturated carbocycles. The van der Waals surface area contributed by atoms with E-state index in [-0.39, 0.29) is 11.5 Å². The van der Waals surface area contributed by atoms with Gasteiger partial charge in [-0.25, -0.2) is 0 Å². The van der Waals surface area contributed by atoms with Crippen LogP contribution in [0.5, 0.6) is 11.5 Å². The fourth-order valence-electron chi connectivity index (χ4n) is 5.46. The van der Waals surface area contributed by atoms with Crippen molar-refractivity contribution in [1.29, 1.82) is 0 Å². The van der Waals surface area contributed by atoms with Gasteiger partial charge in [0, 0.05) is 68.5 Å². The average Bonchev–Trinajstić information content (AvgIpc) is 3.32. The number of piperazine rings is 1. The van der Waals surface area contributed by atoms with E-state index in [0.717, 1.165) is 65.8 Å². The predicted molar refractivity (Wildman–Crippen MR) is 151 cm³/mol. The monoisotopic (exact) mass is 606 g/mol. The predicted octanol–water partition coefficient (Wildman–Crippen LogP) is 6.77. The summed E-state index contributed by atoms with van der Waals surface area (Å²) in [7, 11) is 0. The summed E-state index contributed by atoms with van der Waals surface area (Å²) in [6.07, 6.45) is -6.66. The molecule has 0 amide bonds. The highest BCUT2D eigenvalue weighted by Gasteiger charge is 2.32. The smallest absolute Gasteiger partial charge is 0.406 e. The first kappa shape index (κ1) is 30.7. The average molecular weight is 607 g/mol. The van der Waals surface area contributed by atoms with E-state index in [9.17, 15) is 26.3 Å². The van der Waals surface area contributed by atoms with Gasteiger partial charge < -0.3 is 19.8 Å². The van der Waals surface area contributed by atoms with Crippen molar-refractivity contribution in [2.24, 2.45) is 5.73 Å². The second kappa shape index (κ2) is 12.9. The van der Waals surface area contributed by atoms with Crippen LogP contribution in [0.2, 0.25) is 0 Å². The topological polar surface area (TPSA) is 55.9 Å². The molecule has 12 heteroatoms. The zero-order chi connectivity index (χ0) is 30.6. The Hall–Kier alpha value is -3.74. The molecule has 0 unspecified atom stereocenters. The maximum atomic E-state index is 12.7. The molecule has 5 rings (SSSR count). The van der Waals surface area contributed by atoms with E-state index in [1.165, 1.54) is 24.3 Å². The van der Waals surface area contributed by atoms with Crippen molar-refractivity contribution in [3.8, 4) is 22.6 Å². The Labute approximate surface area is 245 Å². The second-order valence-corrected chi connectivity index (χ2v) is 10.5. The number of halogens is 6. The first-order valence-electron chi connectivity index (χ1n) is 13.9. The highest BCUT2D eigenvalue weighted by atomic mass is 19.4. The number of nitrogens with zero attached hydrogens (tertiary/aromatic N) is 3. The van der Waals surface area contributed by atoms with Crippen LogP contribution in [-0.2, 0) is 19.6 Å². The molecular weight excluding hydrogens is 574 g/mol. The number of hydrogen-bond acceptors (Lipinski definition) is 5. The Morgan fingerprint density at radius 2 is 1.26 bits per heavy atom. The van der Waals surface area contributed by atoms with E-state index in [1.54, 1.807) is 24.3 Å². The first-order valence-corrected chi connectivity index (χ1v) is 13.9. The van der Waals surface area contributed by atoms with Crippen LogP contribution in [0.3, 0.4) is 0 Å². The molecule has 0 atom stereocenters. The molecule has 2 heterocycles. The van der Waals surface area contributed by atoms with Crippen LogP contribution < -0.4 is 15.2 Å². The number of aromatic nitrogens is 1. The van der Waals surface area contributed by atoms with Crippen molar-refractivity contribution >= 4 is 10.9 Å². The normalized spacial score (nSPS) is 15.2. The molecule has 230 valence electrons. The third kappa shape index (κ3) is 8.21. The van der Waals surface area contributed by atoms with Gasteiger partial charge in [-0.2, -0.15) is 0 Å². The standard InChI is InChI=1S/C31H32F6N4O2/c32-30(33,34)42-25-9-5-22(6-10-25)19-39-15-17-40(18-16-39)20-24-3-1-4-28-29(24)27(21-41(28)14-2-13-38)23-7-11-26(12-8-23)43-31(35,36)37/h1,3-12,21H,2,13-20,38H2. The Balaban J connectivity index is 1.30. The van der Waals surface area contributed by atoms with Crippen molar-refractivity contribution in [1.82, 2.24) is 14.4 Å². The first-order chi connectivity index (χ1) is 20.5. The lowest BCUT2D eigenvalue weighted by Gasteiger charge is -2.35. The third-order valence-electron chi connectivity index (χ3n) is 7.42. The molecule has 1 aromatic heterocycles. The van der Waals surface area contributed by atoms with Crippen molar-refractivity contribution in [2.75, 3.05) is 32.7 Å². The summed E-state index contributed by atoms with van der Waals surface area (Å²) in [5, 5.41) is 1.05. The summed E-state index contributed by atoms with van der Waals surface area (Å²) in [5.41, 5.74) is 10.5. The number of hydrogen-bond donors (Lipinski definition) is 1. The minimum absolute atomic E-state index is 0.239. The molecule has 1 saturated heterocycles. The number of alkyl halides is 6. The van der Waals surface area contributed by atoms with Gasteiger partial charge in [-0.15, -0.1) is 26.3 Å². The zero-order valence-corrected chi connectivity index (χ0v) is 23.3. The van der Waals surface area contributed by atoms with Gasteiger partial charge >= 0.3 is 12.7 Å². The molecule has 1 aliphatic heterocycles. The molecule has 1 aliphatic rings. The van der Waals surface area contributed by atoms with Gasteiger partial charge in [0.15, 0.2) is 0 Å². The number of rotatable bonds is 10. The van der Waals surface area contributed by atoms with Crippen LogP contribution in [0.4, 0.5) is 26.3 Å². The van der Waals surface area contributed by atoms with Crippen molar-refractivity contribution in [2.45, 2.75) is 38.8 Å². The molecule has 3 aromatic carbocycles. The molecule has 1 fully saturated rings. The molecule has 2 N–H and O–H groups in total. The third-order valence-corrected chi connectivity index (χ3v) is 7.42. The number of nitrogens with two attached hydrogens (primary N) is 1. The molecular formula is C31H32F6N4O2. The minimum Gasteiger partial charge on any atom is -0.406 e. The maximum Gasteiger partial charge on any atom is 0.573 e. The SMILES string of the molecule is NCCCn1cc(-c2ccc(OC(F)(F)F)cc2)c2c(CN3CCN(Cc4ccc(OC(F)(F)F)cc4)CC3)cccc21. The summed E-state index contributed by atoms with van der Waals surface area (Å²) in [4.78, 5) is 4.61. The lowest BCUT2D eigenvalue weighted by Crippen LogP contribution is -2.45. The van der Waals surface area contributed by atoms with Crippen LogP contribution in [-0.4, -0.2) is 59.8 Å². The Morgan fingerprint density at radius 3 is 1.81 bits per heavy atom. The number of ether oxygens (including phenoxy) is 2. The molecule has 6 nitrogen and oxygen atoms in total. The van der Waals surface area contributed by atoms with Crippen LogP contribution in [0, 0.1) is 0 Å². The highest BCUT2D eigenvalue weighted by Crippen LogP contribution is 2.36. The van der Waals surface area contributed by atoms with Crippen LogP contribution in [0.15, 0.2) is 72.9 Å². The molecule has 0 bridgehead atoms. The fraction of sp³-hybridized carbons (Fsp3) is 0.355. The van der Waals surface area contributed by atoms with Gasteiger partial charge in [-0.1, -0.05) is 36.4 Å². The molecule has 4 aromatic rings. The zero-order valence-electron chi connectivity index (χ0n) is 23.3. The number of benzene rings is 3. The van der Waals surface area contributed by atoms with Gasteiger partial charge in [-0.3, -0.25) is 9.80 Å². The summed E-state index contributed by atoms with van der Waals surface area (Å²) in [6.45, 7) is 5.76. The van der Waals surface area contributed by atoms with Crippen LogP contribution in [0.1, 0.15) is 17.5 Å². The fourth-order valence-corrected chi connectivity index (χ4v) is 5.46. The summed E-state index contributed by atoms with van der Waals surface area (Å²) >= 11 is 0. The quantitative estimate of drug-likeness (QED) is 0.202. The van der Waals surface area contributed by atoms with Crippen molar-refractivity contribution in [3.05, 3.63) is 84.1 Å². The molecule has 0 radical (unpaired) electrons. The maximum absolute atomic E-state index is 12.7. The number of aryl methyl sites for hydroxylation is 1. The van der Waals surface area contributed by atoms with Gasteiger partial charge in [0.05, 0.1) is 0 Å². The number of fused-ring (bicyclic) bond motifs is 1. The summed E-state index contributed by atoms with van der Waals surface area (Å²) in [5.74, 6) is -0.510. The van der Waals surface area contributed by atoms with Gasteiger partial charge in [0.25, 0.3) is 0 Å². The van der Waals surface area contributed by atoms with E-state index < -0.39 is 12.7 Å². The molecule has 0 aliphatic carbocycles. The Morgan fingerprint density at radius 1 is 0.698 bits per heavy atom. The lowest BCUT2D eigenvalue weighted by atomic mass is 10.00. The van der Waals surface area contributed by atoms with Gasteiger partial charge in [-0.05, 0) is 60.0 Å². The minimum atomic E-state index is -4.76. The second-order valence-electron chi connectivity index (χ2n) is 10.5. The van der Waals surface area contributed by atoms with E-state index in [1.807, 2.05) is 18.3 Å². The Bertz CT molecular complexity index is 1490. The van der Waals surface area contributed by atoms with Gasteiger partial charge in [0.1, 0.15) is 11.5 Å². The lowest BCUT2D eigenvalue weighted by molar-refractivity contribution is -0.275. The van der Waals surface area contributed by atoms with E-state index >= 15 is 0 Å². The van der Waals surface area contributed by atoms with E-state index in [2.05, 4.69) is 29.9 Å². The van der Waals surface area contributed by atoms with Crippen LogP contribution >= 0.6 is 0 Å². The summed E-state index contributed by atoms with van der Waals surface area (Å²) in [6, 6.07) is 18.0. The van der Waals surface area contributed by atoms with Crippen molar-refractivity contribution in [3.63, 3.8) is 0 Å². The Kier molecular flexibility index (Phi) is 9.19. The van der Waals surface area contributed by atoms with E-state index in [4.69, 9.17) is 5.73 Å². The molecule has 0 spiro atoms. The largest absolute Gasteiger partial charge is 0.573 e. The summed E-state index contributed by atoms with van der Waals surface area (Å²) < 4.78 is 85.5. The van der Waals surface area contributed by atoms with Gasteiger partial charge in [0.2, 0.25) is 0 Å². The highest BCUT2D eigenvalue weighted by molar-refractivity contribution is 5.98. The molecule has 43 heavy (non-hydrogen) atoms. The van der Waals surface area contributed by atoms with Crippen LogP contribution in [0.25, 0.3) is 22.0 Å². The van der Waals surface area contributed by atoms with E-state index in [0.29, 0.717) is 26.2 Å².